The van der Waals surface area contributed by atoms with Crippen LogP contribution in [-0.2, 0) is 6.42 Å². The number of hydrogen-bond acceptors (Lipinski definition) is 3. The van der Waals surface area contributed by atoms with Gasteiger partial charge in [-0.05, 0) is 25.0 Å². The Morgan fingerprint density at radius 2 is 2.15 bits per heavy atom. The minimum atomic E-state index is -0.00439. The molecule has 1 aromatic heterocycles. The minimum Gasteiger partial charge on any atom is -0.321 e. The molecule has 2 amide bonds. The van der Waals surface area contributed by atoms with Gasteiger partial charge in [0.1, 0.15) is 0 Å². The number of rotatable bonds is 5. The van der Waals surface area contributed by atoms with Crippen LogP contribution in [0.5, 0.6) is 0 Å². The molecule has 0 unspecified atom stereocenters. The summed E-state index contributed by atoms with van der Waals surface area (Å²) < 4.78 is 0. The summed E-state index contributed by atoms with van der Waals surface area (Å²) >= 11 is 1.64. The molecule has 1 N–H and O–H groups in total. The Balaban J connectivity index is 1.60. The van der Waals surface area contributed by atoms with Crippen molar-refractivity contribution in [3.05, 3.63) is 46.9 Å². The fourth-order valence-electron chi connectivity index (χ4n) is 2.15. The largest absolute Gasteiger partial charge is 0.322 e. The summed E-state index contributed by atoms with van der Waals surface area (Å²) in [6.45, 7) is 0.733. The molecule has 5 heteroatoms. The van der Waals surface area contributed by atoms with Crippen LogP contribution >= 0.6 is 11.3 Å². The number of urea groups is 1. The first-order valence-corrected chi connectivity index (χ1v) is 7.72. The van der Waals surface area contributed by atoms with Crippen molar-refractivity contribution >= 4 is 23.1 Å². The number of para-hydroxylation sites is 1. The Morgan fingerprint density at radius 3 is 2.80 bits per heavy atom. The summed E-state index contributed by atoms with van der Waals surface area (Å²) in [4.78, 5) is 18.6. The molecule has 0 aliphatic heterocycles. The van der Waals surface area contributed by atoms with Gasteiger partial charge in [-0.3, -0.25) is 0 Å². The molecule has 0 bridgehead atoms. The van der Waals surface area contributed by atoms with Crippen molar-refractivity contribution in [1.82, 2.24) is 9.88 Å². The van der Waals surface area contributed by atoms with Crippen molar-refractivity contribution in [2.75, 3.05) is 11.9 Å². The lowest BCUT2D eigenvalue weighted by Crippen LogP contribution is -2.38. The lowest BCUT2D eigenvalue weighted by molar-refractivity contribution is 0.209. The lowest BCUT2D eigenvalue weighted by Gasteiger charge is -2.22. The fourth-order valence-corrected chi connectivity index (χ4v) is 2.76. The maximum absolute atomic E-state index is 12.4. The first-order chi connectivity index (χ1) is 9.83. The second-order valence-corrected chi connectivity index (χ2v) is 5.88. The van der Waals surface area contributed by atoms with Crippen LogP contribution in [0.4, 0.5) is 10.5 Å². The lowest BCUT2D eigenvalue weighted by atomic mass is 10.3. The molecule has 0 saturated heterocycles. The van der Waals surface area contributed by atoms with Gasteiger partial charge in [-0.15, -0.1) is 11.3 Å². The second kappa shape index (κ2) is 6.05. The van der Waals surface area contributed by atoms with Crippen LogP contribution in [0.1, 0.15) is 17.8 Å². The highest BCUT2D eigenvalue weighted by atomic mass is 32.1. The van der Waals surface area contributed by atoms with E-state index in [0.717, 1.165) is 36.5 Å². The molecule has 4 nitrogen and oxygen atoms in total. The van der Waals surface area contributed by atoms with E-state index in [-0.39, 0.29) is 6.03 Å². The molecule has 1 aromatic carbocycles. The smallest absolute Gasteiger partial charge is 0.321 e. The zero-order valence-corrected chi connectivity index (χ0v) is 12.0. The van der Waals surface area contributed by atoms with Gasteiger partial charge in [0, 0.05) is 36.3 Å². The average Bonchev–Trinajstić information content (AvgIpc) is 3.15. The van der Waals surface area contributed by atoms with E-state index in [2.05, 4.69) is 10.3 Å². The van der Waals surface area contributed by atoms with E-state index < -0.39 is 0 Å². The highest BCUT2D eigenvalue weighted by molar-refractivity contribution is 7.09. The molecular weight excluding hydrogens is 270 g/mol. The van der Waals surface area contributed by atoms with Crippen LogP contribution in [-0.4, -0.2) is 28.5 Å². The third-order valence-electron chi connectivity index (χ3n) is 3.32. The highest BCUT2D eigenvalue weighted by Gasteiger charge is 2.32. The zero-order chi connectivity index (χ0) is 13.8. The Morgan fingerprint density at radius 1 is 1.35 bits per heavy atom. The molecule has 0 spiro atoms. The van der Waals surface area contributed by atoms with Gasteiger partial charge >= 0.3 is 6.03 Å². The Labute approximate surface area is 122 Å². The Kier molecular flexibility index (Phi) is 3.97. The van der Waals surface area contributed by atoms with Crippen LogP contribution in [0.3, 0.4) is 0 Å². The normalized spacial score (nSPS) is 14.0. The van der Waals surface area contributed by atoms with Crippen molar-refractivity contribution < 1.29 is 4.79 Å². The summed E-state index contributed by atoms with van der Waals surface area (Å²) in [6.07, 6.45) is 4.86. The third-order valence-corrected chi connectivity index (χ3v) is 4.16. The molecule has 1 fully saturated rings. The zero-order valence-electron chi connectivity index (χ0n) is 11.2. The number of anilines is 1. The van der Waals surface area contributed by atoms with Gasteiger partial charge in [-0.2, -0.15) is 0 Å². The van der Waals surface area contributed by atoms with Crippen LogP contribution in [0, 0.1) is 0 Å². The van der Waals surface area contributed by atoms with Gasteiger partial charge in [-0.1, -0.05) is 18.2 Å². The monoisotopic (exact) mass is 287 g/mol. The molecule has 1 heterocycles. The molecule has 0 atom stereocenters. The minimum absolute atomic E-state index is 0.00439. The molecule has 104 valence electrons. The molecule has 2 aromatic rings. The van der Waals surface area contributed by atoms with Crippen LogP contribution in [0.15, 0.2) is 41.9 Å². The number of nitrogens with zero attached hydrogens (tertiary/aromatic N) is 2. The highest BCUT2D eigenvalue weighted by Crippen LogP contribution is 2.27. The first kappa shape index (κ1) is 13.1. The number of carbonyl (C=O) groups excluding carboxylic acids is 1. The SMILES string of the molecule is O=C(Nc1ccccc1)N(CCc1nccs1)C1CC1. The van der Waals surface area contributed by atoms with Crippen LogP contribution in [0.25, 0.3) is 0 Å². The molecular formula is C15H17N3OS. The number of benzene rings is 1. The Bertz CT molecular complexity index is 552. The number of carbonyl (C=O) groups is 1. The van der Waals surface area contributed by atoms with Crippen molar-refractivity contribution in [2.45, 2.75) is 25.3 Å². The van der Waals surface area contributed by atoms with Gasteiger partial charge in [0.15, 0.2) is 0 Å². The van der Waals surface area contributed by atoms with Crippen LogP contribution in [0.2, 0.25) is 0 Å². The van der Waals surface area contributed by atoms with E-state index in [9.17, 15) is 4.79 Å². The van der Waals surface area contributed by atoms with E-state index in [1.54, 1.807) is 11.3 Å². The molecule has 1 aliphatic carbocycles. The van der Waals surface area contributed by atoms with Gasteiger partial charge in [-0.25, -0.2) is 9.78 Å². The number of hydrogen-bond donors (Lipinski definition) is 1. The predicted octanol–water partition coefficient (Wildman–Crippen LogP) is 3.38. The van der Waals surface area contributed by atoms with Gasteiger partial charge < -0.3 is 10.2 Å². The van der Waals surface area contributed by atoms with Gasteiger partial charge in [0.2, 0.25) is 0 Å². The van der Waals surface area contributed by atoms with Crippen molar-refractivity contribution in [3.8, 4) is 0 Å². The van der Waals surface area contributed by atoms with E-state index in [1.165, 1.54) is 0 Å². The van der Waals surface area contributed by atoms with Crippen LogP contribution < -0.4 is 5.32 Å². The van der Waals surface area contributed by atoms with E-state index in [4.69, 9.17) is 0 Å². The third kappa shape index (κ3) is 3.36. The summed E-state index contributed by atoms with van der Waals surface area (Å²) in [5.74, 6) is 0. The standard InChI is InChI=1S/C15H17N3OS/c19-15(17-12-4-2-1-3-5-12)18(13-6-7-13)10-8-14-16-9-11-20-14/h1-5,9,11,13H,6-8,10H2,(H,17,19). The number of thiazole rings is 1. The number of nitrogens with one attached hydrogen (secondary N) is 1. The maximum atomic E-state index is 12.4. The summed E-state index contributed by atoms with van der Waals surface area (Å²) in [6, 6.07) is 10.00. The second-order valence-electron chi connectivity index (χ2n) is 4.90. The van der Waals surface area contributed by atoms with Crippen molar-refractivity contribution in [1.29, 1.82) is 0 Å². The fraction of sp³-hybridized carbons (Fsp3) is 0.333. The van der Waals surface area contributed by atoms with Gasteiger partial charge in [0.05, 0.1) is 5.01 Å². The maximum Gasteiger partial charge on any atom is 0.322 e. The molecule has 3 rings (SSSR count). The molecule has 1 saturated carbocycles. The molecule has 0 radical (unpaired) electrons. The number of amides is 2. The van der Waals surface area contributed by atoms with E-state index in [1.807, 2.05) is 46.8 Å². The number of aromatic nitrogens is 1. The summed E-state index contributed by atoms with van der Waals surface area (Å²) in [5.41, 5.74) is 0.845. The quantitative estimate of drug-likeness (QED) is 0.916. The average molecular weight is 287 g/mol. The van der Waals surface area contributed by atoms with E-state index >= 15 is 0 Å². The Hall–Kier alpha value is -1.88. The predicted molar refractivity (Wildman–Crippen MR) is 81.0 cm³/mol. The summed E-state index contributed by atoms with van der Waals surface area (Å²) in [5, 5.41) is 6.02. The van der Waals surface area contributed by atoms with Crippen molar-refractivity contribution in [2.24, 2.45) is 0 Å². The van der Waals surface area contributed by atoms with Gasteiger partial charge in [0.25, 0.3) is 0 Å². The van der Waals surface area contributed by atoms with Crippen molar-refractivity contribution in [3.63, 3.8) is 0 Å². The van der Waals surface area contributed by atoms with E-state index in [0.29, 0.717) is 6.04 Å². The summed E-state index contributed by atoms with van der Waals surface area (Å²) in [7, 11) is 0. The molecule has 1 aliphatic rings. The topological polar surface area (TPSA) is 45.2 Å². The first-order valence-electron chi connectivity index (χ1n) is 6.84. The molecule has 20 heavy (non-hydrogen) atoms.